The lowest BCUT2D eigenvalue weighted by Gasteiger charge is -2.02. The predicted octanol–water partition coefficient (Wildman–Crippen LogP) is 5.86. The van der Waals surface area contributed by atoms with Crippen LogP contribution in [0.3, 0.4) is 0 Å². The van der Waals surface area contributed by atoms with Crippen molar-refractivity contribution in [2.24, 2.45) is 0 Å². The summed E-state index contributed by atoms with van der Waals surface area (Å²) in [7, 11) is 3.13. The number of phenols is 1. The molecular weight excluding hydrogens is 473 g/mol. The Morgan fingerprint density at radius 2 is 1.46 bits per heavy atom. The van der Waals surface area contributed by atoms with E-state index in [1.807, 2.05) is 6.07 Å². The van der Waals surface area contributed by atoms with Crippen molar-refractivity contribution < 1.29 is 23.4 Å². The van der Waals surface area contributed by atoms with Crippen LogP contribution in [0.25, 0.3) is 0 Å². The number of alkyl halides is 1. The first-order valence-corrected chi connectivity index (χ1v) is 8.60. The van der Waals surface area contributed by atoms with Gasteiger partial charge in [0.2, 0.25) is 0 Å². The summed E-state index contributed by atoms with van der Waals surface area (Å²) in [6.07, 6.45) is 0. The zero-order valence-corrected chi connectivity index (χ0v) is 17.0. The van der Waals surface area contributed by atoms with Gasteiger partial charge >= 0.3 is 0 Å². The van der Waals surface area contributed by atoms with Crippen LogP contribution in [0.2, 0.25) is 0 Å². The second-order valence-corrected chi connectivity index (χ2v) is 5.92. The molecule has 0 atom stereocenters. The standard InChI is InChI=1S/C8H8BrFO.C6H4BrFO.C2H5ClO/c1-11-5-6-3-2-4-7(10)8(6)9;7-6-4(8)2-1-3-5(6)9;1-4-2-3/h2-4H,5H2,1H3;1-3,9H;2H2,1H3. The van der Waals surface area contributed by atoms with Gasteiger partial charge in [0.15, 0.2) is 0 Å². The highest BCUT2D eigenvalue weighted by atomic mass is 79.9. The summed E-state index contributed by atoms with van der Waals surface area (Å²) in [6, 6.07) is 9.29. The van der Waals surface area contributed by atoms with E-state index in [9.17, 15) is 8.78 Å². The summed E-state index contributed by atoms with van der Waals surface area (Å²) in [5, 5.41) is 8.81. The lowest BCUT2D eigenvalue weighted by atomic mass is 10.2. The maximum absolute atomic E-state index is 12.8. The van der Waals surface area contributed by atoms with Crippen molar-refractivity contribution in [1.29, 1.82) is 0 Å². The Kier molecular flexibility index (Phi) is 13.1. The first-order valence-electron chi connectivity index (χ1n) is 6.48. The molecule has 3 nitrogen and oxygen atoms in total. The lowest BCUT2D eigenvalue weighted by molar-refractivity contribution is 0.184. The maximum Gasteiger partial charge on any atom is 0.141 e. The van der Waals surface area contributed by atoms with Crippen LogP contribution in [0.4, 0.5) is 8.78 Å². The molecule has 0 saturated carbocycles. The number of halogens is 5. The van der Waals surface area contributed by atoms with E-state index in [0.29, 0.717) is 17.1 Å². The first-order chi connectivity index (χ1) is 11.4. The van der Waals surface area contributed by atoms with Gasteiger partial charge in [0.1, 0.15) is 23.5 Å². The molecule has 0 bridgehead atoms. The SMILES string of the molecule is COCCl.COCc1cccc(F)c1Br.Oc1cccc(F)c1Br. The van der Waals surface area contributed by atoms with Crippen LogP contribution in [0, 0.1) is 11.6 Å². The molecule has 0 saturated heterocycles. The van der Waals surface area contributed by atoms with Gasteiger partial charge in [0.05, 0.1) is 15.6 Å². The van der Waals surface area contributed by atoms with Crippen molar-refractivity contribution in [2.45, 2.75) is 6.61 Å². The van der Waals surface area contributed by atoms with Gasteiger partial charge in [-0.1, -0.05) is 29.8 Å². The molecule has 0 aliphatic carbocycles. The number of methoxy groups -OCH3 is 2. The van der Waals surface area contributed by atoms with E-state index in [4.69, 9.17) is 21.4 Å². The molecule has 0 aliphatic heterocycles. The molecule has 0 fully saturated rings. The Balaban J connectivity index is 0.000000367. The molecule has 0 unspecified atom stereocenters. The molecular formula is C16H17Br2ClF2O3. The molecule has 0 aromatic heterocycles. The fourth-order valence-electron chi connectivity index (χ4n) is 1.31. The Morgan fingerprint density at radius 1 is 0.958 bits per heavy atom. The molecule has 134 valence electrons. The average Bonchev–Trinajstić information content (AvgIpc) is 2.58. The van der Waals surface area contributed by atoms with Crippen LogP contribution in [0.1, 0.15) is 5.56 Å². The number of hydrogen-bond acceptors (Lipinski definition) is 3. The molecule has 2 aromatic rings. The van der Waals surface area contributed by atoms with E-state index < -0.39 is 5.82 Å². The van der Waals surface area contributed by atoms with Crippen molar-refractivity contribution in [1.82, 2.24) is 0 Å². The number of hydrogen-bond donors (Lipinski definition) is 1. The largest absolute Gasteiger partial charge is 0.507 e. The van der Waals surface area contributed by atoms with Crippen LogP contribution in [0.15, 0.2) is 45.3 Å². The molecule has 0 spiro atoms. The molecule has 2 rings (SSSR count). The van der Waals surface area contributed by atoms with Gasteiger partial charge in [0.25, 0.3) is 0 Å². The van der Waals surface area contributed by atoms with E-state index in [0.717, 1.165) is 5.56 Å². The highest BCUT2D eigenvalue weighted by Crippen LogP contribution is 2.25. The fourth-order valence-corrected chi connectivity index (χ4v) is 1.95. The van der Waals surface area contributed by atoms with Gasteiger partial charge in [-0.3, -0.25) is 0 Å². The predicted molar refractivity (Wildman–Crippen MR) is 98.3 cm³/mol. The van der Waals surface area contributed by atoms with Crippen molar-refractivity contribution in [2.75, 3.05) is 20.3 Å². The Hall–Kier alpha value is -0.730. The number of phenolic OH excluding ortho intramolecular Hbond substituents is 1. The minimum absolute atomic E-state index is 0.0741. The van der Waals surface area contributed by atoms with E-state index >= 15 is 0 Å². The number of aromatic hydroxyl groups is 1. The molecule has 24 heavy (non-hydrogen) atoms. The van der Waals surface area contributed by atoms with Crippen molar-refractivity contribution in [3.63, 3.8) is 0 Å². The van der Waals surface area contributed by atoms with E-state index in [1.54, 1.807) is 20.3 Å². The summed E-state index contributed by atoms with van der Waals surface area (Å²) in [4.78, 5) is 0. The maximum atomic E-state index is 12.8. The summed E-state index contributed by atoms with van der Waals surface area (Å²) in [5.41, 5.74) is 0.826. The van der Waals surface area contributed by atoms with E-state index in [1.165, 1.54) is 24.3 Å². The zero-order chi connectivity index (χ0) is 18.5. The quantitative estimate of drug-likeness (QED) is 0.548. The van der Waals surface area contributed by atoms with Crippen LogP contribution >= 0.6 is 43.5 Å². The van der Waals surface area contributed by atoms with Crippen LogP contribution in [-0.2, 0) is 16.1 Å². The van der Waals surface area contributed by atoms with Gasteiger partial charge < -0.3 is 14.6 Å². The third kappa shape index (κ3) is 8.94. The topological polar surface area (TPSA) is 38.7 Å². The fraction of sp³-hybridized carbons (Fsp3) is 0.250. The minimum atomic E-state index is -0.449. The second-order valence-electron chi connectivity index (χ2n) is 4.12. The number of rotatable bonds is 3. The third-order valence-electron chi connectivity index (χ3n) is 2.37. The summed E-state index contributed by atoms with van der Waals surface area (Å²) in [6.45, 7) is 0.429. The highest BCUT2D eigenvalue weighted by Gasteiger charge is 2.03. The lowest BCUT2D eigenvalue weighted by Crippen LogP contribution is -1.90. The third-order valence-corrected chi connectivity index (χ3v) is 4.26. The Morgan fingerprint density at radius 3 is 1.88 bits per heavy atom. The minimum Gasteiger partial charge on any atom is -0.507 e. The van der Waals surface area contributed by atoms with Crippen LogP contribution in [-0.4, -0.2) is 25.4 Å². The number of benzene rings is 2. The Bertz CT molecular complexity index is 594. The number of ether oxygens (including phenoxy) is 2. The van der Waals surface area contributed by atoms with Crippen molar-refractivity contribution >= 4 is 43.5 Å². The molecule has 0 aliphatic rings. The molecule has 0 amide bonds. The van der Waals surface area contributed by atoms with Crippen LogP contribution < -0.4 is 0 Å². The Labute approximate surface area is 161 Å². The summed E-state index contributed by atoms with van der Waals surface area (Å²) in [5.74, 6) is -0.774. The molecule has 2 aromatic carbocycles. The van der Waals surface area contributed by atoms with Gasteiger partial charge in [-0.15, -0.1) is 0 Å². The second kappa shape index (κ2) is 13.5. The van der Waals surface area contributed by atoms with E-state index in [2.05, 4.69) is 36.6 Å². The van der Waals surface area contributed by atoms with Gasteiger partial charge in [0, 0.05) is 14.2 Å². The molecule has 1 N–H and O–H groups in total. The first kappa shape index (κ1) is 23.3. The van der Waals surface area contributed by atoms with Crippen molar-refractivity contribution in [3.8, 4) is 5.75 Å². The molecule has 8 heteroatoms. The zero-order valence-electron chi connectivity index (χ0n) is 13.0. The summed E-state index contributed by atoms with van der Waals surface area (Å²) < 4.78 is 35.0. The monoisotopic (exact) mass is 488 g/mol. The van der Waals surface area contributed by atoms with Crippen molar-refractivity contribution in [3.05, 3.63) is 62.5 Å². The smallest absolute Gasteiger partial charge is 0.141 e. The van der Waals surface area contributed by atoms with Gasteiger partial charge in [-0.05, 0) is 55.6 Å². The normalized spacial score (nSPS) is 9.46. The van der Waals surface area contributed by atoms with E-state index in [-0.39, 0.29) is 16.0 Å². The van der Waals surface area contributed by atoms with Gasteiger partial charge in [-0.25, -0.2) is 8.78 Å². The van der Waals surface area contributed by atoms with Gasteiger partial charge in [-0.2, -0.15) is 0 Å². The van der Waals surface area contributed by atoms with Crippen LogP contribution in [0.5, 0.6) is 5.75 Å². The highest BCUT2D eigenvalue weighted by molar-refractivity contribution is 9.10. The summed E-state index contributed by atoms with van der Waals surface area (Å²) >= 11 is 10.9. The molecule has 0 heterocycles. The molecule has 0 radical (unpaired) electrons. The average molecular weight is 491 g/mol.